The van der Waals surface area contributed by atoms with Crippen LogP contribution in [-0.4, -0.2) is 15.7 Å². The third-order valence-electron chi connectivity index (χ3n) is 3.60. The van der Waals surface area contributed by atoms with Crippen LogP contribution < -0.4 is 10.3 Å². The molecule has 0 spiro atoms. The van der Waals surface area contributed by atoms with Crippen LogP contribution in [0.5, 0.6) is 5.75 Å². The summed E-state index contributed by atoms with van der Waals surface area (Å²) in [6.45, 7) is 3.64. The number of hydrogen-bond acceptors (Lipinski definition) is 3. The van der Waals surface area contributed by atoms with Gasteiger partial charge in [0.05, 0.1) is 34.6 Å². The van der Waals surface area contributed by atoms with Gasteiger partial charge < -0.3 is 4.74 Å². The molecule has 3 rings (SSSR count). The van der Waals surface area contributed by atoms with Crippen LogP contribution in [-0.2, 0) is 6.18 Å². The van der Waals surface area contributed by atoms with E-state index in [-0.39, 0.29) is 17.1 Å². The molecular formula is C18H14ClF3N2O2. The van der Waals surface area contributed by atoms with Crippen LogP contribution in [0.3, 0.4) is 0 Å². The SMILES string of the molecule is CC(C)Oc1ccc(Cl)cc1-n1c(=O)cnc2cc(C(F)(F)F)ccc21. The minimum atomic E-state index is -4.50. The third-order valence-corrected chi connectivity index (χ3v) is 3.84. The first kappa shape index (κ1) is 18.3. The topological polar surface area (TPSA) is 44.1 Å². The molecule has 8 heteroatoms. The lowest BCUT2D eigenvalue weighted by atomic mass is 10.1. The van der Waals surface area contributed by atoms with Crippen LogP contribution in [0.25, 0.3) is 16.7 Å². The number of rotatable bonds is 3. The second-order valence-electron chi connectivity index (χ2n) is 5.91. The normalized spacial score (nSPS) is 12.0. The van der Waals surface area contributed by atoms with Gasteiger partial charge >= 0.3 is 6.18 Å². The summed E-state index contributed by atoms with van der Waals surface area (Å²) in [5.41, 5.74) is -0.750. The molecule has 0 radical (unpaired) electrons. The highest BCUT2D eigenvalue weighted by Gasteiger charge is 2.31. The Hall–Kier alpha value is -2.54. The average molecular weight is 383 g/mol. The Balaban J connectivity index is 2.30. The summed E-state index contributed by atoms with van der Waals surface area (Å²) in [5.74, 6) is 0.388. The molecule has 4 nitrogen and oxygen atoms in total. The van der Waals surface area contributed by atoms with Gasteiger partial charge in [0.25, 0.3) is 5.56 Å². The fraction of sp³-hybridized carbons (Fsp3) is 0.222. The third kappa shape index (κ3) is 3.53. The van der Waals surface area contributed by atoms with Gasteiger partial charge in [-0.05, 0) is 50.2 Å². The predicted molar refractivity (Wildman–Crippen MR) is 93.1 cm³/mol. The minimum absolute atomic E-state index is 0.0369. The van der Waals surface area contributed by atoms with Crippen molar-refractivity contribution in [2.75, 3.05) is 0 Å². The van der Waals surface area contributed by atoms with E-state index in [2.05, 4.69) is 4.98 Å². The molecule has 1 heterocycles. The maximum absolute atomic E-state index is 12.9. The maximum atomic E-state index is 12.9. The summed E-state index contributed by atoms with van der Waals surface area (Å²) >= 11 is 6.06. The smallest absolute Gasteiger partial charge is 0.416 e. The lowest BCUT2D eigenvalue weighted by molar-refractivity contribution is -0.137. The van der Waals surface area contributed by atoms with E-state index in [9.17, 15) is 18.0 Å². The zero-order valence-corrected chi connectivity index (χ0v) is 14.6. The maximum Gasteiger partial charge on any atom is 0.416 e. The second kappa shape index (κ2) is 6.64. The first-order valence-electron chi connectivity index (χ1n) is 7.72. The van der Waals surface area contributed by atoms with E-state index in [1.165, 1.54) is 16.7 Å². The van der Waals surface area contributed by atoms with Crippen LogP contribution in [0, 0.1) is 0 Å². The summed E-state index contributed by atoms with van der Waals surface area (Å²) < 4.78 is 45.8. The first-order valence-corrected chi connectivity index (χ1v) is 8.10. The van der Waals surface area contributed by atoms with Crippen molar-refractivity contribution in [3.8, 4) is 11.4 Å². The molecule has 0 fully saturated rings. The van der Waals surface area contributed by atoms with Gasteiger partial charge in [-0.25, -0.2) is 4.98 Å². The lowest BCUT2D eigenvalue weighted by Gasteiger charge is -2.17. The molecular weight excluding hydrogens is 369 g/mol. The minimum Gasteiger partial charge on any atom is -0.489 e. The van der Waals surface area contributed by atoms with E-state index in [1.807, 2.05) is 13.8 Å². The molecule has 0 saturated carbocycles. The van der Waals surface area contributed by atoms with Crippen molar-refractivity contribution in [3.63, 3.8) is 0 Å². The van der Waals surface area contributed by atoms with Crippen LogP contribution in [0.4, 0.5) is 13.2 Å². The fourth-order valence-electron chi connectivity index (χ4n) is 2.56. The van der Waals surface area contributed by atoms with Crippen LogP contribution in [0.1, 0.15) is 19.4 Å². The number of benzene rings is 2. The van der Waals surface area contributed by atoms with Gasteiger partial charge in [-0.3, -0.25) is 9.36 Å². The Morgan fingerprint density at radius 2 is 1.88 bits per heavy atom. The van der Waals surface area contributed by atoms with Crippen LogP contribution in [0.2, 0.25) is 5.02 Å². The van der Waals surface area contributed by atoms with Crippen molar-refractivity contribution in [1.82, 2.24) is 9.55 Å². The van der Waals surface area contributed by atoms with Crippen molar-refractivity contribution >= 4 is 22.6 Å². The van der Waals surface area contributed by atoms with Crippen LogP contribution in [0.15, 0.2) is 47.4 Å². The van der Waals surface area contributed by atoms with E-state index in [0.717, 1.165) is 18.3 Å². The Kier molecular flexibility index (Phi) is 4.66. The second-order valence-corrected chi connectivity index (χ2v) is 6.35. The molecule has 3 aromatic rings. The quantitative estimate of drug-likeness (QED) is 0.650. The highest BCUT2D eigenvalue weighted by molar-refractivity contribution is 6.30. The summed E-state index contributed by atoms with van der Waals surface area (Å²) in [6.07, 6.45) is -3.70. The van der Waals surface area contributed by atoms with Crippen molar-refractivity contribution in [1.29, 1.82) is 0 Å². The molecule has 1 aromatic heterocycles. The van der Waals surface area contributed by atoms with Gasteiger partial charge in [0.15, 0.2) is 0 Å². The van der Waals surface area contributed by atoms with Gasteiger partial charge in [-0.15, -0.1) is 0 Å². The van der Waals surface area contributed by atoms with Crippen molar-refractivity contribution in [3.05, 3.63) is 63.5 Å². The molecule has 26 heavy (non-hydrogen) atoms. The Morgan fingerprint density at radius 3 is 2.54 bits per heavy atom. The molecule has 0 bridgehead atoms. The van der Waals surface area contributed by atoms with Gasteiger partial charge in [-0.2, -0.15) is 13.2 Å². The van der Waals surface area contributed by atoms with Crippen molar-refractivity contribution in [2.24, 2.45) is 0 Å². The van der Waals surface area contributed by atoms with Crippen molar-refractivity contribution in [2.45, 2.75) is 26.1 Å². The van der Waals surface area contributed by atoms with E-state index in [1.54, 1.807) is 12.1 Å². The Labute approximate surface area is 151 Å². The molecule has 0 aliphatic rings. The molecule has 136 valence electrons. The Bertz CT molecular complexity index is 1030. The fourth-order valence-corrected chi connectivity index (χ4v) is 2.73. The Morgan fingerprint density at radius 1 is 1.15 bits per heavy atom. The highest BCUT2D eigenvalue weighted by atomic mass is 35.5. The van der Waals surface area contributed by atoms with Gasteiger partial charge in [0.1, 0.15) is 5.75 Å². The van der Waals surface area contributed by atoms with E-state index >= 15 is 0 Å². The number of alkyl halides is 3. The standard InChI is InChI=1S/C18H14ClF3N2O2/c1-10(2)26-16-6-4-12(19)8-15(16)24-14-5-3-11(18(20,21)22)7-13(14)23-9-17(24)25/h3-10H,1-2H3. The number of halogens is 4. The highest BCUT2D eigenvalue weighted by Crippen LogP contribution is 2.32. The number of fused-ring (bicyclic) bond motifs is 1. The first-order chi connectivity index (χ1) is 12.2. The van der Waals surface area contributed by atoms with E-state index in [4.69, 9.17) is 16.3 Å². The molecule has 0 N–H and O–H groups in total. The number of aromatic nitrogens is 2. The largest absolute Gasteiger partial charge is 0.489 e. The van der Waals surface area contributed by atoms with Crippen molar-refractivity contribution < 1.29 is 17.9 Å². The predicted octanol–water partition coefficient (Wildman–Crippen LogP) is 4.85. The van der Waals surface area contributed by atoms with E-state index in [0.29, 0.717) is 16.5 Å². The molecule has 0 saturated heterocycles. The number of ether oxygens (including phenoxy) is 1. The number of nitrogens with zero attached hydrogens (tertiary/aromatic N) is 2. The van der Waals surface area contributed by atoms with Crippen LogP contribution >= 0.6 is 11.6 Å². The van der Waals surface area contributed by atoms with Gasteiger partial charge in [-0.1, -0.05) is 11.6 Å². The molecule has 0 amide bonds. The summed E-state index contributed by atoms with van der Waals surface area (Å²) in [4.78, 5) is 16.3. The zero-order chi connectivity index (χ0) is 19.1. The summed E-state index contributed by atoms with van der Waals surface area (Å²) in [5, 5.41) is 0.361. The molecule has 0 aliphatic carbocycles. The molecule has 0 unspecified atom stereocenters. The zero-order valence-electron chi connectivity index (χ0n) is 13.8. The molecule has 2 aromatic carbocycles. The lowest BCUT2D eigenvalue weighted by Crippen LogP contribution is -2.20. The van der Waals surface area contributed by atoms with E-state index < -0.39 is 17.3 Å². The van der Waals surface area contributed by atoms with Gasteiger partial charge in [0, 0.05) is 5.02 Å². The average Bonchev–Trinajstić information content (AvgIpc) is 2.55. The molecule has 0 atom stereocenters. The number of hydrogen-bond donors (Lipinski definition) is 0. The van der Waals surface area contributed by atoms with Gasteiger partial charge in [0.2, 0.25) is 0 Å². The molecule has 0 aliphatic heterocycles. The monoisotopic (exact) mass is 382 g/mol. The summed E-state index contributed by atoms with van der Waals surface area (Å²) in [6, 6.07) is 7.77. The summed E-state index contributed by atoms with van der Waals surface area (Å²) in [7, 11) is 0.